The van der Waals surface area contributed by atoms with Crippen LogP contribution in [0.4, 0.5) is 17.6 Å². The van der Waals surface area contributed by atoms with E-state index in [2.05, 4.69) is 0 Å². The van der Waals surface area contributed by atoms with E-state index in [0.717, 1.165) is 18.2 Å². The summed E-state index contributed by atoms with van der Waals surface area (Å²) in [7, 11) is 0. The Hall–Kier alpha value is -1.30. The van der Waals surface area contributed by atoms with Gasteiger partial charge < -0.3 is 10.8 Å². The van der Waals surface area contributed by atoms with Crippen molar-refractivity contribution < 1.29 is 22.7 Å². The SMILES string of the molecule is NCC(c1cccc(F)c1O)C(F)(F)F. The summed E-state index contributed by atoms with van der Waals surface area (Å²) in [6, 6.07) is 2.98. The Morgan fingerprint density at radius 1 is 1.33 bits per heavy atom. The zero-order chi connectivity index (χ0) is 11.6. The summed E-state index contributed by atoms with van der Waals surface area (Å²) < 4.78 is 50.0. The van der Waals surface area contributed by atoms with Gasteiger partial charge in [-0.3, -0.25) is 0 Å². The van der Waals surface area contributed by atoms with E-state index in [1.165, 1.54) is 0 Å². The Morgan fingerprint density at radius 3 is 2.40 bits per heavy atom. The number of halogens is 4. The molecule has 0 heterocycles. The lowest BCUT2D eigenvalue weighted by atomic mass is 9.97. The van der Waals surface area contributed by atoms with Gasteiger partial charge in [-0.1, -0.05) is 12.1 Å². The Kier molecular flexibility index (Phi) is 3.18. The molecular weight excluding hydrogens is 214 g/mol. The van der Waals surface area contributed by atoms with Crippen LogP contribution in [0.1, 0.15) is 11.5 Å². The van der Waals surface area contributed by atoms with Gasteiger partial charge in [0.05, 0.1) is 5.92 Å². The molecule has 0 saturated heterocycles. The second-order valence-electron chi connectivity index (χ2n) is 3.01. The van der Waals surface area contributed by atoms with Crippen molar-refractivity contribution in [3.05, 3.63) is 29.6 Å². The zero-order valence-electron chi connectivity index (χ0n) is 7.55. The Bertz CT molecular complexity index is 350. The van der Waals surface area contributed by atoms with Gasteiger partial charge in [0.2, 0.25) is 0 Å². The molecule has 0 aromatic heterocycles. The highest BCUT2D eigenvalue weighted by molar-refractivity contribution is 5.37. The number of para-hydroxylation sites is 1. The van der Waals surface area contributed by atoms with Gasteiger partial charge in [0, 0.05) is 12.1 Å². The highest BCUT2D eigenvalue weighted by atomic mass is 19.4. The van der Waals surface area contributed by atoms with Crippen LogP contribution in [0.25, 0.3) is 0 Å². The third kappa shape index (κ3) is 2.38. The fraction of sp³-hybridized carbons (Fsp3) is 0.333. The molecule has 0 amide bonds. The molecule has 1 unspecified atom stereocenters. The Labute approximate surface area is 83.3 Å². The van der Waals surface area contributed by atoms with Crippen LogP contribution in [0.2, 0.25) is 0 Å². The zero-order valence-corrected chi connectivity index (χ0v) is 7.55. The molecule has 2 nitrogen and oxygen atoms in total. The van der Waals surface area contributed by atoms with Crippen LogP contribution in [0, 0.1) is 5.82 Å². The predicted octanol–water partition coefficient (Wildman–Crippen LogP) is 2.14. The van der Waals surface area contributed by atoms with Gasteiger partial charge in [-0.05, 0) is 6.07 Å². The van der Waals surface area contributed by atoms with Gasteiger partial charge in [-0.25, -0.2) is 4.39 Å². The lowest BCUT2D eigenvalue weighted by molar-refractivity contribution is -0.148. The summed E-state index contributed by atoms with van der Waals surface area (Å²) >= 11 is 0. The molecule has 1 rings (SSSR count). The van der Waals surface area contributed by atoms with Crippen LogP contribution in [-0.4, -0.2) is 17.8 Å². The average molecular weight is 223 g/mol. The molecule has 0 radical (unpaired) electrons. The number of rotatable bonds is 2. The largest absolute Gasteiger partial charge is 0.505 e. The van der Waals surface area contributed by atoms with Crippen molar-refractivity contribution in [2.75, 3.05) is 6.54 Å². The fourth-order valence-corrected chi connectivity index (χ4v) is 1.25. The summed E-state index contributed by atoms with van der Waals surface area (Å²) in [5, 5.41) is 9.13. The molecule has 15 heavy (non-hydrogen) atoms. The molecule has 3 N–H and O–H groups in total. The number of alkyl halides is 3. The first-order valence-corrected chi connectivity index (χ1v) is 4.12. The van der Waals surface area contributed by atoms with Gasteiger partial charge in [0.25, 0.3) is 0 Å². The number of phenols is 1. The number of benzene rings is 1. The molecule has 0 bridgehead atoms. The van der Waals surface area contributed by atoms with Crippen molar-refractivity contribution in [3.8, 4) is 5.75 Å². The van der Waals surface area contributed by atoms with Crippen LogP contribution in [0.15, 0.2) is 18.2 Å². The summed E-state index contributed by atoms with van der Waals surface area (Å²) in [5.41, 5.74) is 4.42. The molecular formula is C9H9F4NO. The van der Waals surface area contributed by atoms with E-state index in [1.54, 1.807) is 0 Å². The van der Waals surface area contributed by atoms with Gasteiger partial charge in [0.1, 0.15) is 0 Å². The number of hydrogen-bond donors (Lipinski definition) is 2. The topological polar surface area (TPSA) is 46.2 Å². The maximum absolute atomic E-state index is 12.8. The molecule has 0 saturated carbocycles. The molecule has 1 aromatic carbocycles. The summed E-state index contributed by atoms with van der Waals surface area (Å²) in [6.45, 7) is -0.736. The Balaban J connectivity index is 3.19. The fourth-order valence-electron chi connectivity index (χ4n) is 1.25. The summed E-state index contributed by atoms with van der Waals surface area (Å²) in [6.07, 6.45) is -4.60. The lowest BCUT2D eigenvalue weighted by Crippen LogP contribution is -2.28. The van der Waals surface area contributed by atoms with Crippen LogP contribution in [0.3, 0.4) is 0 Å². The second kappa shape index (κ2) is 4.06. The molecule has 0 fully saturated rings. The third-order valence-electron chi connectivity index (χ3n) is 2.02. The molecule has 6 heteroatoms. The van der Waals surface area contributed by atoms with E-state index in [4.69, 9.17) is 10.8 Å². The van der Waals surface area contributed by atoms with Crippen molar-refractivity contribution in [2.45, 2.75) is 12.1 Å². The standard InChI is InChI=1S/C9H9F4NO/c10-7-3-1-2-5(8(7)15)6(4-14)9(11,12)13/h1-3,6,15H,4,14H2. The first-order valence-electron chi connectivity index (χ1n) is 4.12. The van der Waals surface area contributed by atoms with Crippen LogP contribution in [0.5, 0.6) is 5.75 Å². The van der Waals surface area contributed by atoms with Crippen LogP contribution in [-0.2, 0) is 0 Å². The summed E-state index contributed by atoms with van der Waals surface area (Å²) in [4.78, 5) is 0. The average Bonchev–Trinajstić information content (AvgIpc) is 2.11. The van der Waals surface area contributed by atoms with Crippen molar-refractivity contribution in [2.24, 2.45) is 5.73 Å². The molecule has 0 aliphatic carbocycles. The molecule has 0 aliphatic rings. The van der Waals surface area contributed by atoms with E-state index < -0.39 is 35.8 Å². The molecule has 1 aromatic rings. The quantitative estimate of drug-likeness (QED) is 0.754. The minimum Gasteiger partial charge on any atom is -0.505 e. The van der Waals surface area contributed by atoms with E-state index >= 15 is 0 Å². The minimum atomic E-state index is -4.60. The van der Waals surface area contributed by atoms with Gasteiger partial charge in [0.15, 0.2) is 11.6 Å². The van der Waals surface area contributed by atoms with E-state index in [0.29, 0.717) is 0 Å². The molecule has 0 aliphatic heterocycles. The highest BCUT2D eigenvalue weighted by Crippen LogP contribution is 2.38. The van der Waals surface area contributed by atoms with E-state index in [1.807, 2.05) is 0 Å². The number of aromatic hydroxyl groups is 1. The van der Waals surface area contributed by atoms with Crippen molar-refractivity contribution >= 4 is 0 Å². The number of hydrogen-bond acceptors (Lipinski definition) is 2. The Morgan fingerprint density at radius 2 is 1.93 bits per heavy atom. The van der Waals surface area contributed by atoms with Crippen molar-refractivity contribution in [1.82, 2.24) is 0 Å². The lowest BCUT2D eigenvalue weighted by Gasteiger charge is -2.19. The first kappa shape index (κ1) is 11.8. The first-order chi connectivity index (χ1) is 6.88. The maximum atomic E-state index is 12.8. The van der Waals surface area contributed by atoms with Crippen LogP contribution >= 0.6 is 0 Å². The number of phenolic OH excluding ortho intramolecular Hbond substituents is 1. The van der Waals surface area contributed by atoms with E-state index in [-0.39, 0.29) is 0 Å². The smallest absolute Gasteiger partial charge is 0.397 e. The van der Waals surface area contributed by atoms with Gasteiger partial charge >= 0.3 is 6.18 Å². The normalized spacial score (nSPS) is 13.9. The predicted molar refractivity (Wildman–Crippen MR) is 45.9 cm³/mol. The van der Waals surface area contributed by atoms with Crippen molar-refractivity contribution in [3.63, 3.8) is 0 Å². The second-order valence-corrected chi connectivity index (χ2v) is 3.01. The highest BCUT2D eigenvalue weighted by Gasteiger charge is 2.41. The van der Waals surface area contributed by atoms with Gasteiger partial charge in [-0.2, -0.15) is 13.2 Å². The van der Waals surface area contributed by atoms with Crippen LogP contribution < -0.4 is 5.73 Å². The summed E-state index contributed by atoms with van der Waals surface area (Å²) in [5.74, 6) is -4.13. The monoisotopic (exact) mass is 223 g/mol. The van der Waals surface area contributed by atoms with Crippen molar-refractivity contribution in [1.29, 1.82) is 0 Å². The van der Waals surface area contributed by atoms with Gasteiger partial charge in [-0.15, -0.1) is 0 Å². The maximum Gasteiger partial charge on any atom is 0.397 e. The molecule has 0 spiro atoms. The molecule has 84 valence electrons. The van der Waals surface area contributed by atoms with E-state index in [9.17, 15) is 17.6 Å². The minimum absolute atomic E-state index is 0.537. The molecule has 1 atom stereocenters. The third-order valence-corrected chi connectivity index (χ3v) is 2.02. The number of nitrogens with two attached hydrogens (primary N) is 1.